The van der Waals surface area contributed by atoms with E-state index in [2.05, 4.69) is 5.32 Å². The van der Waals surface area contributed by atoms with Gasteiger partial charge < -0.3 is 5.32 Å². The van der Waals surface area contributed by atoms with Crippen LogP contribution in [-0.2, 0) is 4.79 Å². The molecular formula is C10H6ClNOS3. The van der Waals surface area contributed by atoms with Crippen LogP contribution in [0.15, 0.2) is 28.5 Å². The van der Waals surface area contributed by atoms with Crippen LogP contribution in [0.5, 0.6) is 0 Å². The van der Waals surface area contributed by atoms with E-state index in [0.29, 0.717) is 9.23 Å². The van der Waals surface area contributed by atoms with Crippen molar-refractivity contribution in [2.75, 3.05) is 0 Å². The molecule has 0 saturated carbocycles. The number of hydrogen-bond acceptors (Lipinski definition) is 4. The molecule has 0 radical (unpaired) electrons. The molecule has 2 rings (SSSR count). The number of carbonyl (C=O) groups is 1. The van der Waals surface area contributed by atoms with Crippen molar-refractivity contribution in [2.45, 2.75) is 0 Å². The fourth-order valence-corrected chi connectivity index (χ4v) is 2.98. The lowest BCUT2D eigenvalue weighted by molar-refractivity contribution is -0.115. The number of carbonyl (C=O) groups excluding carboxylic acids is 1. The molecule has 1 aliphatic rings. The van der Waals surface area contributed by atoms with Crippen LogP contribution in [0.3, 0.4) is 0 Å². The van der Waals surface area contributed by atoms with Crippen LogP contribution >= 0.6 is 46.9 Å². The Balaban J connectivity index is 2.10. The van der Waals surface area contributed by atoms with Crippen molar-refractivity contribution in [3.63, 3.8) is 0 Å². The molecule has 2 nitrogen and oxygen atoms in total. The smallest absolute Gasteiger partial charge is 0.263 e. The number of rotatable bonds is 2. The number of halogens is 1. The maximum Gasteiger partial charge on any atom is 0.263 e. The molecule has 1 amide bonds. The molecule has 0 aliphatic carbocycles. The van der Waals surface area contributed by atoms with Crippen LogP contribution in [0.25, 0.3) is 6.08 Å². The molecule has 1 aliphatic heterocycles. The second kappa shape index (κ2) is 5.14. The third-order valence-electron chi connectivity index (χ3n) is 1.81. The van der Waals surface area contributed by atoms with Crippen LogP contribution in [0, 0.1) is 0 Å². The van der Waals surface area contributed by atoms with Gasteiger partial charge in [-0.15, -0.1) is 11.3 Å². The highest BCUT2D eigenvalue weighted by Gasteiger charge is 2.20. The fraction of sp³-hybridized carbons (Fsp3) is 0. The highest BCUT2D eigenvalue weighted by molar-refractivity contribution is 8.26. The summed E-state index contributed by atoms with van der Waals surface area (Å²) in [7, 11) is 0. The Labute approximate surface area is 111 Å². The molecule has 16 heavy (non-hydrogen) atoms. The lowest BCUT2D eigenvalue weighted by Crippen LogP contribution is -2.17. The summed E-state index contributed by atoms with van der Waals surface area (Å²) in [6.07, 6.45) is 5.39. The summed E-state index contributed by atoms with van der Waals surface area (Å²) in [4.78, 5) is 11.9. The molecule has 0 bridgehead atoms. The molecule has 1 fully saturated rings. The van der Waals surface area contributed by atoms with Gasteiger partial charge in [-0.05, 0) is 17.5 Å². The number of thiophene rings is 1. The van der Waals surface area contributed by atoms with Crippen molar-refractivity contribution in [1.29, 1.82) is 0 Å². The van der Waals surface area contributed by atoms with Crippen molar-refractivity contribution in [1.82, 2.24) is 5.32 Å². The van der Waals surface area contributed by atoms with Gasteiger partial charge in [0, 0.05) is 5.56 Å². The number of thioether (sulfide) groups is 1. The number of thiocarbonyl (C=S) groups is 1. The van der Waals surface area contributed by atoms with Gasteiger partial charge in [-0.25, -0.2) is 0 Å². The maximum absolute atomic E-state index is 11.3. The van der Waals surface area contributed by atoms with E-state index in [0.717, 1.165) is 9.90 Å². The minimum atomic E-state index is -0.143. The maximum atomic E-state index is 11.3. The lowest BCUT2D eigenvalue weighted by Gasteiger charge is -1.87. The van der Waals surface area contributed by atoms with Crippen LogP contribution < -0.4 is 5.32 Å². The summed E-state index contributed by atoms with van der Waals surface area (Å²) in [6, 6.07) is 1.93. The van der Waals surface area contributed by atoms with Crippen LogP contribution in [0.1, 0.15) is 5.56 Å². The molecule has 82 valence electrons. The van der Waals surface area contributed by atoms with E-state index in [4.69, 9.17) is 23.8 Å². The normalized spacial score (nSPS) is 18.7. The summed E-state index contributed by atoms with van der Waals surface area (Å²) in [5, 5.41) is 4.47. The van der Waals surface area contributed by atoms with Gasteiger partial charge in [0.2, 0.25) is 0 Å². The lowest BCUT2D eigenvalue weighted by atomic mass is 10.3. The standard InChI is InChI=1S/C10H6ClNOS3/c11-8-6(4-5-15-8)2-1-3-7-9(13)12-10(14)16-7/h1-5H,(H,12,13,14)/b2-1+,7-3-. The van der Waals surface area contributed by atoms with Gasteiger partial charge in [-0.3, -0.25) is 4.79 Å². The third kappa shape index (κ3) is 2.74. The highest BCUT2D eigenvalue weighted by atomic mass is 35.5. The average Bonchev–Trinajstić information content (AvgIpc) is 2.75. The fourth-order valence-electron chi connectivity index (χ4n) is 1.10. The zero-order valence-corrected chi connectivity index (χ0v) is 11.1. The number of hydrogen-bond donors (Lipinski definition) is 1. The minimum Gasteiger partial charge on any atom is -0.307 e. The predicted octanol–water partition coefficient (Wildman–Crippen LogP) is 3.45. The van der Waals surface area contributed by atoms with E-state index in [1.807, 2.05) is 17.5 Å². The first-order valence-corrected chi connectivity index (χ1v) is 6.79. The predicted molar refractivity (Wildman–Crippen MR) is 74.8 cm³/mol. The zero-order chi connectivity index (χ0) is 11.5. The Hall–Kier alpha value is -0.620. The SMILES string of the molecule is O=C1NC(=S)S/C1=C\C=C\c1ccsc1Cl. The van der Waals surface area contributed by atoms with Crippen LogP contribution in [0.2, 0.25) is 4.34 Å². The van der Waals surface area contributed by atoms with E-state index in [1.54, 1.807) is 12.2 Å². The first-order valence-electron chi connectivity index (χ1n) is 4.31. The van der Waals surface area contributed by atoms with E-state index < -0.39 is 0 Å². The third-order valence-corrected chi connectivity index (χ3v) is 4.19. The van der Waals surface area contributed by atoms with Crippen LogP contribution in [0.4, 0.5) is 0 Å². The minimum absolute atomic E-state index is 0.143. The van der Waals surface area contributed by atoms with Gasteiger partial charge >= 0.3 is 0 Å². The van der Waals surface area contributed by atoms with Gasteiger partial charge in [0.25, 0.3) is 5.91 Å². The molecule has 6 heteroatoms. The summed E-state index contributed by atoms with van der Waals surface area (Å²) < 4.78 is 1.24. The molecule has 0 atom stereocenters. The van der Waals surface area contributed by atoms with Gasteiger partial charge in [-0.1, -0.05) is 47.7 Å². The van der Waals surface area contributed by atoms with Crippen LogP contribution in [-0.4, -0.2) is 10.2 Å². The van der Waals surface area contributed by atoms with Crippen molar-refractivity contribution < 1.29 is 4.79 Å². The summed E-state index contributed by atoms with van der Waals surface area (Å²) in [5.74, 6) is -0.143. The van der Waals surface area contributed by atoms with Gasteiger partial charge in [0.15, 0.2) is 0 Å². The second-order valence-electron chi connectivity index (χ2n) is 2.88. The molecule has 1 aromatic rings. The quantitative estimate of drug-likeness (QED) is 0.667. The Bertz CT molecular complexity index is 504. The second-order valence-corrected chi connectivity index (χ2v) is 6.12. The molecule has 0 aromatic carbocycles. The molecule has 1 N–H and O–H groups in total. The molecule has 0 spiro atoms. The summed E-state index contributed by atoms with van der Waals surface area (Å²) >= 11 is 13.5. The summed E-state index contributed by atoms with van der Waals surface area (Å²) in [5.41, 5.74) is 0.953. The van der Waals surface area contributed by atoms with E-state index in [-0.39, 0.29) is 5.91 Å². The number of allylic oxidation sites excluding steroid dienone is 2. The van der Waals surface area contributed by atoms with Gasteiger partial charge in [-0.2, -0.15) is 0 Å². The Morgan fingerprint density at radius 1 is 1.50 bits per heavy atom. The Morgan fingerprint density at radius 2 is 2.31 bits per heavy atom. The largest absolute Gasteiger partial charge is 0.307 e. The van der Waals surface area contributed by atoms with E-state index >= 15 is 0 Å². The topological polar surface area (TPSA) is 29.1 Å². The molecule has 1 saturated heterocycles. The Morgan fingerprint density at radius 3 is 2.88 bits per heavy atom. The first-order chi connectivity index (χ1) is 7.66. The van der Waals surface area contributed by atoms with Crippen molar-refractivity contribution >= 4 is 63.2 Å². The van der Waals surface area contributed by atoms with Gasteiger partial charge in [0.1, 0.15) is 8.66 Å². The van der Waals surface area contributed by atoms with Gasteiger partial charge in [0.05, 0.1) is 4.91 Å². The molecule has 2 heterocycles. The highest BCUT2D eigenvalue weighted by Crippen LogP contribution is 2.25. The molecule has 0 unspecified atom stereocenters. The zero-order valence-electron chi connectivity index (χ0n) is 7.90. The van der Waals surface area contributed by atoms with Crippen molar-refractivity contribution in [3.8, 4) is 0 Å². The first kappa shape index (κ1) is 11.9. The average molecular weight is 288 g/mol. The van der Waals surface area contributed by atoms with Crippen molar-refractivity contribution in [3.05, 3.63) is 38.4 Å². The van der Waals surface area contributed by atoms with E-state index in [9.17, 15) is 4.79 Å². The van der Waals surface area contributed by atoms with E-state index in [1.165, 1.54) is 23.1 Å². The number of nitrogens with one attached hydrogen (secondary N) is 1. The summed E-state index contributed by atoms with van der Waals surface area (Å²) in [6.45, 7) is 0. The molecular weight excluding hydrogens is 282 g/mol. The van der Waals surface area contributed by atoms with Crippen molar-refractivity contribution in [2.24, 2.45) is 0 Å². The molecule has 1 aromatic heterocycles. The monoisotopic (exact) mass is 287 g/mol. The number of amides is 1. The Kier molecular flexibility index (Phi) is 3.81.